The molecule has 230 valence electrons. The molecule has 0 heterocycles. The third-order valence-corrected chi connectivity index (χ3v) is 13.5. The first-order valence-electron chi connectivity index (χ1n) is 16.1. The Labute approximate surface area is 250 Å². The van der Waals surface area contributed by atoms with Gasteiger partial charge in [-0.2, -0.15) is 0 Å². The highest BCUT2D eigenvalue weighted by atomic mass is 16.3. The lowest BCUT2D eigenvalue weighted by molar-refractivity contribution is -0.152. The van der Waals surface area contributed by atoms with Crippen molar-refractivity contribution in [3.63, 3.8) is 0 Å². The molecule has 6 aliphatic carbocycles. The van der Waals surface area contributed by atoms with Gasteiger partial charge in [-0.1, -0.05) is 45.4 Å². The number of nitrogens with one attached hydrogen (secondary N) is 2. The van der Waals surface area contributed by atoms with Crippen LogP contribution in [0.2, 0.25) is 0 Å². The molecule has 0 aromatic rings. The number of amides is 2. The van der Waals surface area contributed by atoms with Gasteiger partial charge in [0.25, 0.3) is 0 Å². The van der Waals surface area contributed by atoms with Crippen LogP contribution in [0.5, 0.6) is 0 Å². The van der Waals surface area contributed by atoms with Gasteiger partial charge in [-0.05, 0) is 111 Å². The van der Waals surface area contributed by atoms with Crippen LogP contribution in [0.15, 0.2) is 46.3 Å². The summed E-state index contributed by atoms with van der Waals surface area (Å²) >= 11 is 0. The van der Waals surface area contributed by atoms with Crippen LogP contribution in [0, 0.1) is 33.5 Å². The summed E-state index contributed by atoms with van der Waals surface area (Å²) in [5, 5.41) is 36.6. The Hall–Kier alpha value is -2.38. The fourth-order valence-corrected chi connectivity index (χ4v) is 10.5. The molecule has 0 aromatic heterocycles. The second-order valence-corrected chi connectivity index (χ2v) is 15.9. The number of allylic oxidation sites excluding steroid dienone is 7. The van der Waals surface area contributed by atoms with E-state index in [9.17, 15) is 24.9 Å². The zero-order valence-electron chi connectivity index (χ0n) is 26.3. The van der Waals surface area contributed by atoms with Crippen LogP contribution in [0.25, 0.3) is 0 Å². The molecular formula is C35H50N2O5. The van der Waals surface area contributed by atoms with Gasteiger partial charge in [0.1, 0.15) is 0 Å². The summed E-state index contributed by atoms with van der Waals surface area (Å²) < 4.78 is 0. The molecule has 0 spiro atoms. The van der Waals surface area contributed by atoms with Crippen molar-refractivity contribution >= 4 is 11.8 Å². The predicted octanol–water partition coefficient (Wildman–Crippen LogP) is 5.80. The van der Waals surface area contributed by atoms with Crippen molar-refractivity contribution in [2.75, 3.05) is 6.61 Å². The molecular weight excluding hydrogens is 528 g/mol. The number of fused-ring (bicyclic) bond motifs is 7. The first-order chi connectivity index (χ1) is 19.6. The highest BCUT2D eigenvalue weighted by Gasteiger charge is 2.66. The normalized spacial score (nSPS) is 46.4. The van der Waals surface area contributed by atoms with Crippen LogP contribution >= 0.6 is 0 Å². The molecule has 7 heteroatoms. The van der Waals surface area contributed by atoms with Gasteiger partial charge in [-0.25, -0.2) is 4.79 Å². The standard InChI is InChI=1S/C35H50N2O5/c1-20-23-7-8-27-33(4,24(23)17-26(40)29(20)41)12-14-35(6)28-18-32(3,11-9-31(28,2)10-13-34(27,35)5)37-30(42)36-22-15-21(19-38)25(39)16-22/h7-8,17,21-22,25,28,38-39,41H,9-16,18-19H2,1-6H3,(H2,36,37,42)/t21-,22?,25?,28-,31-,32?,33+,34-,35+/m1/s1. The fraction of sp³-hybridized carbons (Fsp3) is 0.714. The summed E-state index contributed by atoms with van der Waals surface area (Å²) in [6.07, 6.45) is 13.8. The first kappa shape index (κ1) is 29.7. The van der Waals surface area contributed by atoms with Crippen LogP contribution in [-0.4, -0.2) is 51.4 Å². The highest BCUT2D eigenvalue weighted by Crippen LogP contribution is 2.75. The quantitative estimate of drug-likeness (QED) is 0.290. The molecule has 42 heavy (non-hydrogen) atoms. The van der Waals surface area contributed by atoms with Crippen LogP contribution in [-0.2, 0) is 4.79 Å². The lowest BCUT2D eigenvalue weighted by atomic mass is 9.35. The number of ketones is 1. The molecule has 0 aromatic carbocycles. The summed E-state index contributed by atoms with van der Waals surface area (Å²) in [6.45, 7) is 13.7. The first-order valence-corrected chi connectivity index (χ1v) is 16.1. The summed E-state index contributed by atoms with van der Waals surface area (Å²) in [7, 11) is 0. The highest BCUT2D eigenvalue weighted by molar-refractivity contribution is 6.06. The van der Waals surface area contributed by atoms with E-state index in [1.165, 1.54) is 5.57 Å². The van der Waals surface area contributed by atoms with Crippen LogP contribution in [0.3, 0.4) is 0 Å². The Bertz CT molecular complexity index is 1340. The largest absolute Gasteiger partial charge is 0.504 e. The van der Waals surface area contributed by atoms with Crippen molar-refractivity contribution in [3.05, 3.63) is 46.3 Å². The number of urea groups is 1. The molecule has 9 atom stereocenters. The second-order valence-electron chi connectivity index (χ2n) is 15.9. The molecule has 6 aliphatic rings. The smallest absolute Gasteiger partial charge is 0.315 e. The maximum Gasteiger partial charge on any atom is 0.315 e. The molecule has 6 rings (SSSR count). The molecule has 3 unspecified atom stereocenters. The second kappa shape index (κ2) is 9.56. The zero-order valence-corrected chi connectivity index (χ0v) is 26.3. The van der Waals surface area contributed by atoms with Crippen molar-refractivity contribution in [2.24, 2.45) is 33.5 Å². The summed E-state index contributed by atoms with van der Waals surface area (Å²) in [5.41, 5.74) is 3.71. The number of carbonyl (C=O) groups excluding carboxylic acids is 2. The van der Waals surface area contributed by atoms with Crippen LogP contribution in [0.4, 0.5) is 4.79 Å². The van der Waals surface area contributed by atoms with Gasteiger partial charge < -0.3 is 26.0 Å². The van der Waals surface area contributed by atoms with E-state index in [1.54, 1.807) is 6.08 Å². The minimum Gasteiger partial charge on any atom is -0.504 e. The predicted molar refractivity (Wildman–Crippen MR) is 162 cm³/mol. The van der Waals surface area contributed by atoms with Crippen LogP contribution in [0.1, 0.15) is 99.3 Å². The van der Waals surface area contributed by atoms with Crippen LogP contribution < -0.4 is 10.6 Å². The van der Waals surface area contributed by atoms with Gasteiger partial charge in [0.2, 0.25) is 5.78 Å². The number of aliphatic hydroxyl groups is 3. The van der Waals surface area contributed by atoms with E-state index in [1.807, 2.05) is 6.92 Å². The maximum atomic E-state index is 13.2. The Kier molecular flexibility index (Phi) is 6.75. The van der Waals surface area contributed by atoms with Crippen molar-refractivity contribution in [1.82, 2.24) is 10.6 Å². The minimum atomic E-state index is -0.573. The molecule has 5 N–H and O–H groups in total. The minimum absolute atomic E-state index is 0.0205. The lowest BCUT2D eigenvalue weighted by Gasteiger charge is -2.70. The number of carbonyl (C=O) groups is 2. The number of rotatable bonds is 3. The SMILES string of the molecule is CC1=C(O)C(=O)C=C2C1=CC=C1[C@@]2(C)CC[C@@]2(C)[C@@H]3CC(C)(NC(=O)NC4CC(O)[C@@H](CO)C4)CC[C@]3(C)CC[C@]12C. The van der Waals surface area contributed by atoms with Gasteiger partial charge in [-0.3, -0.25) is 4.79 Å². The molecule has 0 bridgehead atoms. The molecule has 4 fully saturated rings. The lowest BCUT2D eigenvalue weighted by Crippen LogP contribution is -2.65. The fourth-order valence-electron chi connectivity index (χ4n) is 10.5. The molecule has 0 radical (unpaired) electrons. The topological polar surface area (TPSA) is 119 Å². The monoisotopic (exact) mass is 578 g/mol. The van der Waals surface area contributed by atoms with Gasteiger partial charge in [0.15, 0.2) is 5.76 Å². The summed E-state index contributed by atoms with van der Waals surface area (Å²) in [6, 6.07) is -0.302. The molecule has 0 aliphatic heterocycles. The van der Waals surface area contributed by atoms with Gasteiger partial charge in [0.05, 0.1) is 6.10 Å². The van der Waals surface area contributed by atoms with E-state index in [0.717, 1.165) is 56.1 Å². The van der Waals surface area contributed by atoms with Crippen molar-refractivity contribution in [3.8, 4) is 0 Å². The molecule has 2 amide bonds. The van der Waals surface area contributed by atoms with E-state index < -0.39 is 6.10 Å². The Morgan fingerprint density at radius 1 is 1.00 bits per heavy atom. The third-order valence-electron chi connectivity index (χ3n) is 13.5. The van der Waals surface area contributed by atoms with Crippen molar-refractivity contribution in [2.45, 2.75) is 117 Å². The third kappa shape index (κ3) is 4.12. The average Bonchev–Trinajstić information content (AvgIpc) is 3.28. The van der Waals surface area contributed by atoms with Crippen molar-refractivity contribution < 1.29 is 24.9 Å². The number of aliphatic hydroxyl groups excluding tert-OH is 3. The Morgan fingerprint density at radius 3 is 2.40 bits per heavy atom. The van der Waals surface area contributed by atoms with Crippen molar-refractivity contribution in [1.29, 1.82) is 0 Å². The number of hydrogen-bond donors (Lipinski definition) is 5. The maximum absolute atomic E-state index is 13.2. The summed E-state index contributed by atoms with van der Waals surface area (Å²) in [5.74, 6) is -0.186. The Morgan fingerprint density at radius 2 is 1.71 bits per heavy atom. The van der Waals surface area contributed by atoms with E-state index in [2.05, 4.69) is 57.4 Å². The average molecular weight is 579 g/mol. The van der Waals surface area contributed by atoms with E-state index in [-0.39, 0.29) is 63.3 Å². The summed E-state index contributed by atoms with van der Waals surface area (Å²) in [4.78, 5) is 26.0. The molecule has 4 saturated carbocycles. The van der Waals surface area contributed by atoms with Gasteiger partial charge in [0, 0.05) is 35.1 Å². The van der Waals surface area contributed by atoms with Gasteiger partial charge in [-0.15, -0.1) is 0 Å². The van der Waals surface area contributed by atoms with E-state index in [0.29, 0.717) is 24.3 Å². The zero-order chi connectivity index (χ0) is 30.5. The van der Waals surface area contributed by atoms with Gasteiger partial charge >= 0.3 is 6.03 Å². The Balaban J connectivity index is 1.28. The molecule has 0 saturated heterocycles. The number of hydrogen-bond acceptors (Lipinski definition) is 5. The molecule has 7 nitrogen and oxygen atoms in total. The van der Waals surface area contributed by atoms with E-state index in [4.69, 9.17) is 0 Å². The van der Waals surface area contributed by atoms with E-state index >= 15 is 0 Å².